The largest absolute Gasteiger partial charge is 0.497 e. The van der Waals surface area contributed by atoms with Gasteiger partial charge in [0.05, 0.1) is 30.5 Å². The molecule has 1 heterocycles. The number of methoxy groups -OCH3 is 1. The van der Waals surface area contributed by atoms with Gasteiger partial charge in [-0.15, -0.1) is 0 Å². The lowest BCUT2D eigenvalue weighted by atomic mass is 10.1. The van der Waals surface area contributed by atoms with Gasteiger partial charge in [0, 0.05) is 36.4 Å². The molecule has 0 spiro atoms. The number of pyridine rings is 1. The van der Waals surface area contributed by atoms with Gasteiger partial charge in [0.2, 0.25) is 5.91 Å². The monoisotopic (exact) mass is 466 g/mol. The summed E-state index contributed by atoms with van der Waals surface area (Å²) >= 11 is 0. The van der Waals surface area contributed by atoms with Crippen molar-refractivity contribution >= 4 is 22.8 Å². The summed E-state index contributed by atoms with van der Waals surface area (Å²) < 4.78 is 11.4. The van der Waals surface area contributed by atoms with Crippen LogP contribution >= 0.6 is 0 Å². The average molecular weight is 467 g/mol. The fraction of sp³-hybridized carbons (Fsp3) is 0.346. The van der Waals surface area contributed by atoms with Gasteiger partial charge >= 0.3 is 5.97 Å². The molecule has 1 aromatic heterocycles. The Balaban J connectivity index is 1.89. The number of amides is 1. The number of hydrogen-bond donors (Lipinski definition) is 1. The quantitative estimate of drug-likeness (QED) is 0.456. The van der Waals surface area contributed by atoms with Gasteiger partial charge in [-0.05, 0) is 32.9 Å². The Bertz CT molecular complexity index is 1160. The number of aromatic nitrogens is 1. The number of carbonyl (C=O) groups excluding carboxylic acids is 1. The second kappa shape index (κ2) is 10.5. The third-order valence-electron chi connectivity index (χ3n) is 4.95. The third-order valence-corrected chi connectivity index (χ3v) is 4.95. The maximum Gasteiger partial charge on any atom is 0.329 e. The highest BCUT2D eigenvalue weighted by Crippen LogP contribution is 2.32. The van der Waals surface area contributed by atoms with Crippen molar-refractivity contribution in [1.29, 1.82) is 0 Å². The first-order chi connectivity index (χ1) is 16.1. The smallest absolute Gasteiger partial charge is 0.329 e. The van der Waals surface area contributed by atoms with Gasteiger partial charge < -0.3 is 14.6 Å². The Morgan fingerprint density at radius 1 is 1.09 bits per heavy atom. The minimum Gasteiger partial charge on any atom is -0.497 e. The number of rotatable bonds is 9. The van der Waals surface area contributed by atoms with E-state index in [1.54, 1.807) is 27.9 Å². The van der Waals surface area contributed by atoms with Crippen molar-refractivity contribution in [3.05, 3.63) is 54.6 Å². The summed E-state index contributed by atoms with van der Waals surface area (Å²) in [6.45, 7) is 6.58. The molecule has 8 heteroatoms. The maximum atomic E-state index is 12.1. The number of carboxylic acid groups (broad SMARTS) is 1. The molecule has 1 amide bonds. The molecule has 0 aliphatic rings. The molecule has 1 N–H and O–H groups in total. The van der Waals surface area contributed by atoms with Crippen LogP contribution in [0.1, 0.15) is 34.1 Å². The minimum absolute atomic E-state index is 0.0334. The number of hydroxylamine groups is 2. The van der Waals surface area contributed by atoms with E-state index in [2.05, 4.69) is 0 Å². The van der Waals surface area contributed by atoms with Crippen LogP contribution in [0, 0.1) is 0 Å². The summed E-state index contributed by atoms with van der Waals surface area (Å²) in [5.74, 6) is -0.437. The van der Waals surface area contributed by atoms with Crippen LogP contribution in [0.15, 0.2) is 54.6 Å². The van der Waals surface area contributed by atoms with E-state index in [1.165, 1.54) is 6.92 Å². The maximum absolute atomic E-state index is 12.1. The van der Waals surface area contributed by atoms with Crippen LogP contribution in [-0.2, 0) is 14.4 Å². The number of aliphatic carboxylic acids is 1. The molecule has 0 bridgehead atoms. The molecular weight excluding hydrogens is 436 g/mol. The lowest BCUT2D eigenvalue weighted by Gasteiger charge is -2.33. The number of nitrogens with zero attached hydrogens (tertiary/aromatic N) is 2. The zero-order valence-corrected chi connectivity index (χ0v) is 20.1. The van der Waals surface area contributed by atoms with E-state index in [1.807, 2.05) is 54.6 Å². The molecule has 34 heavy (non-hydrogen) atoms. The molecule has 0 radical (unpaired) electrons. The molecule has 0 fully saturated rings. The highest BCUT2D eigenvalue weighted by Gasteiger charge is 2.32. The molecule has 0 aliphatic carbocycles. The second-order valence-corrected chi connectivity index (χ2v) is 8.79. The summed E-state index contributed by atoms with van der Waals surface area (Å²) in [5, 5.41) is 11.4. The summed E-state index contributed by atoms with van der Waals surface area (Å²) in [4.78, 5) is 34.4. The molecule has 2 aromatic carbocycles. The first-order valence-corrected chi connectivity index (χ1v) is 11.0. The molecule has 3 aromatic rings. The van der Waals surface area contributed by atoms with Crippen molar-refractivity contribution < 1.29 is 29.0 Å². The van der Waals surface area contributed by atoms with E-state index in [4.69, 9.17) is 19.3 Å². The molecule has 0 aliphatic heterocycles. The van der Waals surface area contributed by atoms with Gasteiger partial charge in [0.1, 0.15) is 11.5 Å². The molecule has 0 unspecified atom stereocenters. The van der Waals surface area contributed by atoms with E-state index in [9.17, 15) is 14.7 Å². The minimum atomic E-state index is -1.20. The van der Waals surface area contributed by atoms with Crippen molar-refractivity contribution in [2.75, 3.05) is 13.7 Å². The van der Waals surface area contributed by atoms with Gasteiger partial charge in [-0.1, -0.05) is 30.3 Å². The fourth-order valence-corrected chi connectivity index (χ4v) is 3.44. The van der Waals surface area contributed by atoms with Crippen molar-refractivity contribution in [3.8, 4) is 22.8 Å². The molecule has 3 rings (SSSR count). The standard InChI is InChI=1S/C26H30N2O6/c1-17(29)28(34-26(2,3)4)23(25(30)31)13-14-33-24-16-21(18-9-7-6-8-10-18)27-22-15-19(32-5)11-12-20(22)24/h6-12,15-16,23H,13-14H2,1-5H3,(H,30,31)/t23-/m0/s1. The number of fused-ring (bicyclic) bond motifs is 1. The molecule has 8 nitrogen and oxygen atoms in total. The zero-order valence-electron chi connectivity index (χ0n) is 20.1. The van der Waals surface area contributed by atoms with Gasteiger partial charge in [-0.25, -0.2) is 14.8 Å². The first kappa shape index (κ1) is 25.0. The number of carbonyl (C=O) groups is 2. The highest BCUT2D eigenvalue weighted by atomic mass is 16.7. The molecular formula is C26H30N2O6. The molecule has 180 valence electrons. The van der Waals surface area contributed by atoms with Crippen LogP contribution in [-0.4, -0.2) is 52.4 Å². The van der Waals surface area contributed by atoms with Crippen LogP contribution in [0.25, 0.3) is 22.2 Å². The summed E-state index contributed by atoms with van der Waals surface area (Å²) in [7, 11) is 1.59. The number of ether oxygens (including phenoxy) is 2. The molecule has 0 saturated carbocycles. The van der Waals surface area contributed by atoms with Crippen molar-refractivity contribution in [3.63, 3.8) is 0 Å². The normalized spacial score (nSPS) is 12.3. The van der Waals surface area contributed by atoms with E-state index >= 15 is 0 Å². The zero-order chi connectivity index (χ0) is 24.9. The van der Waals surface area contributed by atoms with Gasteiger partial charge in [-0.2, -0.15) is 0 Å². The Morgan fingerprint density at radius 3 is 2.38 bits per heavy atom. The summed E-state index contributed by atoms with van der Waals surface area (Å²) in [6.07, 6.45) is 0.0334. The van der Waals surface area contributed by atoms with Gasteiger partial charge in [0.15, 0.2) is 6.04 Å². The Morgan fingerprint density at radius 2 is 1.79 bits per heavy atom. The summed E-state index contributed by atoms with van der Waals surface area (Å²) in [6, 6.07) is 15.8. The lowest BCUT2D eigenvalue weighted by Crippen LogP contribution is -2.48. The van der Waals surface area contributed by atoms with E-state index in [-0.39, 0.29) is 13.0 Å². The predicted octanol–water partition coefficient (Wildman–Crippen LogP) is 4.71. The van der Waals surface area contributed by atoms with Crippen LogP contribution < -0.4 is 9.47 Å². The molecule has 1 atom stereocenters. The Kier molecular flexibility index (Phi) is 7.73. The van der Waals surface area contributed by atoms with Crippen LogP contribution in [0.4, 0.5) is 0 Å². The van der Waals surface area contributed by atoms with Crippen molar-refractivity contribution in [2.45, 2.75) is 45.8 Å². The summed E-state index contributed by atoms with van der Waals surface area (Å²) in [5.41, 5.74) is 1.59. The third kappa shape index (κ3) is 6.23. The van der Waals surface area contributed by atoms with E-state index in [0.717, 1.165) is 16.0 Å². The number of benzene rings is 2. The number of carboxylic acids is 1. The number of hydrogen-bond acceptors (Lipinski definition) is 6. The SMILES string of the molecule is COc1ccc2c(OCC[C@@H](C(=O)O)N(OC(C)(C)C)C(C)=O)cc(-c3ccccc3)nc2c1. The molecule has 0 saturated heterocycles. The lowest BCUT2D eigenvalue weighted by molar-refractivity contribution is -0.243. The Hall–Kier alpha value is -3.65. The first-order valence-electron chi connectivity index (χ1n) is 11.0. The van der Waals surface area contributed by atoms with Gasteiger partial charge in [0.25, 0.3) is 0 Å². The van der Waals surface area contributed by atoms with Crippen LogP contribution in [0.3, 0.4) is 0 Å². The van der Waals surface area contributed by atoms with Crippen molar-refractivity contribution in [1.82, 2.24) is 10.0 Å². The fourth-order valence-electron chi connectivity index (χ4n) is 3.44. The van der Waals surface area contributed by atoms with E-state index < -0.39 is 23.5 Å². The highest BCUT2D eigenvalue weighted by molar-refractivity contribution is 5.89. The topological polar surface area (TPSA) is 98.2 Å². The van der Waals surface area contributed by atoms with Crippen molar-refractivity contribution in [2.24, 2.45) is 0 Å². The van der Waals surface area contributed by atoms with E-state index in [0.29, 0.717) is 22.7 Å². The predicted molar refractivity (Wildman–Crippen MR) is 129 cm³/mol. The average Bonchev–Trinajstić information content (AvgIpc) is 2.79. The van der Waals surface area contributed by atoms with Crippen LogP contribution in [0.5, 0.6) is 11.5 Å². The Labute approximate surface area is 199 Å². The van der Waals surface area contributed by atoms with Gasteiger partial charge in [-0.3, -0.25) is 9.63 Å². The second-order valence-electron chi connectivity index (χ2n) is 8.79. The van der Waals surface area contributed by atoms with Crippen LogP contribution in [0.2, 0.25) is 0 Å².